The maximum Gasteiger partial charge on any atom is 0.336 e. The van der Waals surface area contributed by atoms with E-state index >= 15 is 0 Å². The molecule has 0 amide bonds. The molecule has 0 spiro atoms. The number of allylic oxidation sites excluding steroid dienone is 1. The number of H-pyrrole nitrogens is 1. The summed E-state index contributed by atoms with van der Waals surface area (Å²) in [5.41, 5.74) is 6.62. The van der Waals surface area contributed by atoms with Gasteiger partial charge in [-0.25, -0.2) is 14.6 Å². The Bertz CT molecular complexity index is 2790. The summed E-state index contributed by atoms with van der Waals surface area (Å²) in [6.45, 7) is 7.49. The van der Waals surface area contributed by atoms with E-state index in [2.05, 4.69) is 34.1 Å². The van der Waals surface area contributed by atoms with E-state index in [1.165, 1.54) is 12.5 Å². The van der Waals surface area contributed by atoms with Gasteiger partial charge in [0, 0.05) is 29.2 Å². The van der Waals surface area contributed by atoms with E-state index in [1.807, 2.05) is 18.2 Å². The third kappa shape index (κ3) is 8.50. The lowest BCUT2D eigenvalue weighted by molar-refractivity contribution is 0.0174. The number of aromatic nitrogens is 1. The minimum atomic E-state index is -1.53. The van der Waals surface area contributed by atoms with E-state index in [9.17, 15) is 15.2 Å². The Kier molecular flexibility index (Phi) is 11.4. The number of rotatable bonds is 10. The minimum absolute atomic E-state index is 0.0159. The summed E-state index contributed by atoms with van der Waals surface area (Å²) in [5, 5.41) is 22.6. The van der Waals surface area contributed by atoms with Gasteiger partial charge >= 0.3 is 5.63 Å². The number of aliphatic hydroxyl groups excluding tert-OH is 1. The van der Waals surface area contributed by atoms with Crippen LogP contribution < -0.4 is 19.8 Å². The molecule has 2 saturated carbocycles. The Morgan fingerprint density at radius 1 is 0.803 bits per heavy atom. The van der Waals surface area contributed by atoms with Crippen LogP contribution in [-0.4, -0.2) is 22.3 Å². The third-order valence-corrected chi connectivity index (χ3v) is 11.9. The van der Waals surface area contributed by atoms with Crippen molar-refractivity contribution in [1.29, 1.82) is 5.26 Å². The molecule has 9 rings (SSSR count). The summed E-state index contributed by atoms with van der Waals surface area (Å²) >= 11 is 0. The quantitative estimate of drug-likeness (QED) is 0.0799. The van der Waals surface area contributed by atoms with Crippen LogP contribution in [0, 0.1) is 23.8 Å². The van der Waals surface area contributed by atoms with Crippen LogP contribution in [0.5, 0.6) is 23.1 Å². The maximum atomic E-state index is 12.4. The first-order valence-corrected chi connectivity index (χ1v) is 21.0. The standard InChI is InChI=1S/C51H44N4O6/c1-53-37-21-26-39(27-22-37)59-50-47(51(57)60-40-25-19-34-20-28-44(56)61-42(34)29-40)45(35-13-7-3-8-14-35)49(55-50)46(36-15-9-4-10-16-36)48-41(33-11-5-2-6-12-33)30-43(54-48)58-38-23-17-32(31-52)18-24-38/h4,9-10,15-30,33,35,51,54,57H,2-3,5-8,11-14H2. The lowest BCUT2D eigenvalue weighted by atomic mass is 9.78. The second kappa shape index (κ2) is 17.6. The molecule has 2 fully saturated rings. The van der Waals surface area contributed by atoms with Crippen molar-refractivity contribution < 1.29 is 23.7 Å². The smallest absolute Gasteiger partial charge is 0.336 e. The molecule has 2 aliphatic carbocycles. The number of nitrogens with one attached hydrogen (secondary N) is 1. The molecule has 2 aromatic heterocycles. The molecule has 1 aliphatic heterocycles. The average Bonchev–Trinajstić information content (AvgIpc) is 3.89. The molecule has 3 aliphatic rings. The van der Waals surface area contributed by atoms with Crippen molar-refractivity contribution in [2.24, 2.45) is 10.9 Å². The molecule has 10 nitrogen and oxygen atoms in total. The largest absolute Gasteiger partial charge is 0.460 e. The Morgan fingerprint density at radius 2 is 1.46 bits per heavy atom. The fourth-order valence-corrected chi connectivity index (χ4v) is 8.95. The zero-order chi connectivity index (χ0) is 41.7. The summed E-state index contributed by atoms with van der Waals surface area (Å²) in [5.74, 6) is 2.41. The van der Waals surface area contributed by atoms with Gasteiger partial charge in [-0.05, 0) is 109 Å². The Balaban J connectivity index is 1.26. The normalized spacial score (nSPS) is 17.3. The molecule has 3 heterocycles. The lowest BCUT2D eigenvalue weighted by Gasteiger charge is -2.28. The van der Waals surface area contributed by atoms with Crippen molar-refractivity contribution in [3.8, 4) is 29.2 Å². The predicted molar refractivity (Wildman–Crippen MR) is 234 cm³/mol. The summed E-state index contributed by atoms with van der Waals surface area (Å²) in [6.07, 6.45) is 8.89. The number of nitriles is 1. The van der Waals surface area contributed by atoms with Gasteiger partial charge in [0.25, 0.3) is 0 Å². The van der Waals surface area contributed by atoms with Gasteiger partial charge in [0.1, 0.15) is 22.8 Å². The molecule has 1 unspecified atom stereocenters. The molecule has 4 aromatic carbocycles. The monoisotopic (exact) mass is 808 g/mol. The van der Waals surface area contributed by atoms with Crippen LogP contribution in [0.25, 0.3) is 21.4 Å². The fourth-order valence-electron chi connectivity index (χ4n) is 8.95. The molecule has 6 aromatic rings. The summed E-state index contributed by atoms with van der Waals surface area (Å²) < 4.78 is 25.0. The highest BCUT2D eigenvalue weighted by Crippen LogP contribution is 2.48. The Hall–Kier alpha value is -7.14. The molecule has 10 heteroatoms. The van der Waals surface area contributed by atoms with Crippen molar-refractivity contribution in [2.45, 2.75) is 76.4 Å². The van der Waals surface area contributed by atoms with E-state index in [-0.39, 0.29) is 17.7 Å². The Morgan fingerprint density at radius 3 is 2.16 bits per heavy atom. The molecular formula is C51H44N4O6. The SMILES string of the molecule is [C-]#[N+]c1ccc(OC2=NC(=C(c3ccccc3)c3[nH]c(Oc4ccc(C#N)cc4)cc3C3CCCCC3)C(C3CCCCC3)=C2C(O)Oc2ccc3ccc(=O)oc3c2)cc1. The van der Waals surface area contributed by atoms with Crippen LogP contribution in [0.4, 0.5) is 5.69 Å². The first-order valence-electron chi connectivity index (χ1n) is 21.0. The second-order valence-corrected chi connectivity index (χ2v) is 15.8. The number of fused-ring (bicyclic) bond motifs is 1. The number of nitrogens with zero attached hydrogens (tertiary/aromatic N) is 3. The van der Waals surface area contributed by atoms with Crippen LogP contribution in [0.2, 0.25) is 0 Å². The molecule has 304 valence electrons. The van der Waals surface area contributed by atoms with E-state index < -0.39 is 11.9 Å². The van der Waals surface area contributed by atoms with Gasteiger partial charge in [-0.1, -0.05) is 81.0 Å². The number of benzene rings is 4. The predicted octanol–water partition coefficient (Wildman–Crippen LogP) is 11.9. The number of aliphatic imine (C=N–C) groups is 1. The van der Waals surface area contributed by atoms with Crippen LogP contribution in [0.15, 0.2) is 146 Å². The van der Waals surface area contributed by atoms with E-state index in [1.54, 1.807) is 72.8 Å². The molecule has 2 N–H and O–H groups in total. The van der Waals surface area contributed by atoms with Crippen molar-refractivity contribution in [2.75, 3.05) is 0 Å². The molecule has 0 bridgehead atoms. The van der Waals surface area contributed by atoms with Gasteiger partial charge in [-0.2, -0.15) is 5.26 Å². The first-order chi connectivity index (χ1) is 29.9. The topological polar surface area (TPSA) is 134 Å². The summed E-state index contributed by atoms with van der Waals surface area (Å²) in [4.78, 5) is 24.8. The van der Waals surface area contributed by atoms with Gasteiger partial charge in [0.05, 0.1) is 35.2 Å². The van der Waals surface area contributed by atoms with Crippen LogP contribution in [0.1, 0.15) is 92.5 Å². The van der Waals surface area contributed by atoms with Crippen molar-refractivity contribution >= 4 is 28.1 Å². The van der Waals surface area contributed by atoms with Gasteiger partial charge < -0.3 is 28.7 Å². The van der Waals surface area contributed by atoms with Crippen LogP contribution in [0.3, 0.4) is 0 Å². The Labute approximate surface area is 353 Å². The fraction of sp³-hybridized carbons (Fsp3) is 0.255. The van der Waals surface area contributed by atoms with Crippen LogP contribution in [-0.2, 0) is 0 Å². The van der Waals surface area contributed by atoms with Gasteiger partial charge in [-0.3, -0.25) is 0 Å². The van der Waals surface area contributed by atoms with Crippen LogP contribution >= 0.6 is 0 Å². The average molecular weight is 809 g/mol. The highest BCUT2D eigenvalue weighted by Gasteiger charge is 2.39. The van der Waals surface area contributed by atoms with Gasteiger partial charge in [0.2, 0.25) is 12.2 Å². The molecular weight excluding hydrogens is 765 g/mol. The zero-order valence-electron chi connectivity index (χ0n) is 33.6. The molecule has 0 radical (unpaired) electrons. The van der Waals surface area contributed by atoms with E-state index in [0.29, 0.717) is 51.2 Å². The number of hydrogen-bond acceptors (Lipinski definition) is 8. The third-order valence-electron chi connectivity index (χ3n) is 11.9. The molecule has 0 saturated heterocycles. The lowest BCUT2D eigenvalue weighted by Crippen LogP contribution is -2.28. The number of aliphatic hydroxyl groups is 1. The number of ether oxygens (including phenoxy) is 3. The highest BCUT2D eigenvalue weighted by molar-refractivity contribution is 6.04. The van der Waals surface area contributed by atoms with Crippen molar-refractivity contribution in [1.82, 2.24) is 4.98 Å². The van der Waals surface area contributed by atoms with Gasteiger partial charge in [0.15, 0.2) is 11.6 Å². The van der Waals surface area contributed by atoms with Crippen molar-refractivity contribution in [3.05, 3.63) is 176 Å². The highest BCUT2D eigenvalue weighted by atomic mass is 16.6. The molecule has 61 heavy (non-hydrogen) atoms. The van der Waals surface area contributed by atoms with E-state index in [4.69, 9.17) is 30.2 Å². The number of hydrogen-bond donors (Lipinski definition) is 2. The zero-order valence-corrected chi connectivity index (χ0v) is 33.6. The van der Waals surface area contributed by atoms with Crippen molar-refractivity contribution in [3.63, 3.8) is 0 Å². The molecule has 1 atom stereocenters. The summed E-state index contributed by atoms with van der Waals surface area (Å²) in [7, 11) is 0. The second-order valence-electron chi connectivity index (χ2n) is 15.8. The van der Waals surface area contributed by atoms with E-state index in [0.717, 1.165) is 91.1 Å². The first kappa shape index (κ1) is 39.3. The summed E-state index contributed by atoms with van der Waals surface area (Å²) in [6, 6.07) is 36.6. The number of aromatic amines is 1. The minimum Gasteiger partial charge on any atom is -0.460 e. The maximum absolute atomic E-state index is 12.4. The van der Waals surface area contributed by atoms with Gasteiger partial charge in [-0.15, -0.1) is 0 Å².